The minimum absolute atomic E-state index is 0.195. The van der Waals surface area contributed by atoms with Crippen LogP contribution in [0.3, 0.4) is 0 Å². The molecule has 4 heterocycles. The zero-order chi connectivity index (χ0) is 20.9. The van der Waals surface area contributed by atoms with E-state index in [1.54, 1.807) is 24.5 Å². The maximum Gasteiger partial charge on any atom is 0.219 e. The molecule has 6 nitrogen and oxygen atoms in total. The van der Waals surface area contributed by atoms with Gasteiger partial charge in [0.2, 0.25) is 5.91 Å². The summed E-state index contributed by atoms with van der Waals surface area (Å²) in [7, 11) is 0. The second-order valence-corrected chi connectivity index (χ2v) is 8.97. The SMILES string of the molecule is CC(=O)N1CCC(CCc2ncc(-c3cccc(Nc4cc(C)ccn4)n3)s2)CC1. The lowest BCUT2D eigenvalue weighted by molar-refractivity contribution is -0.130. The molecule has 0 aromatic carbocycles. The van der Waals surface area contributed by atoms with Crippen molar-refractivity contribution in [2.24, 2.45) is 5.92 Å². The largest absolute Gasteiger partial charge is 0.343 e. The molecule has 1 amide bonds. The second-order valence-electron chi connectivity index (χ2n) is 7.86. The number of amides is 1. The number of carbonyl (C=O) groups is 1. The number of thiazole rings is 1. The molecule has 1 fully saturated rings. The lowest BCUT2D eigenvalue weighted by Gasteiger charge is -2.31. The Hall–Kier alpha value is -2.80. The van der Waals surface area contributed by atoms with Crippen LogP contribution in [0.2, 0.25) is 0 Å². The highest BCUT2D eigenvalue weighted by Gasteiger charge is 2.20. The van der Waals surface area contributed by atoms with Crippen molar-refractivity contribution >= 4 is 28.9 Å². The minimum atomic E-state index is 0.195. The van der Waals surface area contributed by atoms with Crippen LogP contribution in [0, 0.1) is 12.8 Å². The van der Waals surface area contributed by atoms with Gasteiger partial charge in [-0.25, -0.2) is 15.0 Å². The molecule has 1 aliphatic rings. The average molecular weight is 422 g/mol. The molecule has 156 valence electrons. The van der Waals surface area contributed by atoms with Gasteiger partial charge in [0, 0.05) is 32.4 Å². The van der Waals surface area contributed by atoms with E-state index in [-0.39, 0.29) is 5.91 Å². The molecule has 7 heteroatoms. The molecule has 0 aliphatic carbocycles. The fraction of sp³-hybridized carbons (Fsp3) is 0.391. The topological polar surface area (TPSA) is 71.0 Å². The summed E-state index contributed by atoms with van der Waals surface area (Å²) in [6.45, 7) is 5.49. The molecule has 0 spiro atoms. The van der Waals surface area contributed by atoms with E-state index in [0.29, 0.717) is 5.92 Å². The van der Waals surface area contributed by atoms with E-state index in [1.165, 1.54) is 0 Å². The molecule has 4 rings (SSSR count). The molecule has 30 heavy (non-hydrogen) atoms. The first-order valence-electron chi connectivity index (χ1n) is 10.4. The van der Waals surface area contributed by atoms with Gasteiger partial charge in [0.1, 0.15) is 11.6 Å². The summed E-state index contributed by atoms with van der Waals surface area (Å²) in [5.74, 6) is 2.44. The minimum Gasteiger partial charge on any atom is -0.343 e. The number of hydrogen-bond donors (Lipinski definition) is 1. The van der Waals surface area contributed by atoms with Gasteiger partial charge < -0.3 is 10.2 Å². The zero-order valence-electron chi connectivity index (χ0n) is 17.5. The number of aromatic nitrogens is 3. The van der Waals surface area contributed by atoms with Gasteiger partial charge in [-0.2, -0.15) is 0 Å². The smallest absolute Gasteiger partial charge is 0.219 e. The summed E-state index contributed by atoms with van der Waals surface area (Å²) in [6.07, 6.45) is 8.03. The van der Waals surface area contributed by atoms with Crippen molar-refractivity contribution in [2.75, 3.05) is 18.4 Å². The van der Waals surface area contributed by atoms with E-state index in [9.17, 15) is 4.79 Å². The normalized spacial score (nSPS) is 14.7. The number of piperidine rings is 1. The van der Waals surface area contributed by atoms with Crippen LogP contribution < -0.4 is 5.32 Å². The van der Waals surface area contributed by atoms with Crippen molar-refractivity contribution in [3.63, 3.8) is 0 Å². The van der Waals surface area contributed by atoms with Crippen molar-refractivity contribution in [3.05, 3.63) is 53.3 Å². The van der Waals surface area contributed by atoms with Gasteiger partial charge in [-0.1, -0.05) is 6.07 Å². The molecule has 1 saturated heterocycles. The molecule has 0 saturated carbocycles. The highest BCUT2D eigenvalue weighted by atomic mass is 32.1. The van der Waals surface area contributed by atoms with E-state index in [2.05, 4.69) is 15.3 Å². The van der Waals surface area contributed by atoms with Gasteiger partial charge in [0.05, 0.1) is 15.6 Å². The first kappa shape index (κ1) is 20.5. The molecule has 0 bridgehead atoms. The molecule has 1 N–H and O–H groups in total. The number of likely N-dealkylation sites (tertiary alicyclic amines) is 1. The van der Waals surface area contributed by atoms with Gasteiger partial charge in [-0.15, -0.1) is 11.3 Å². The average Bonchev–Trinajstić information content (AvgIpc) is 3.22. The summed E-state index contributed by atoms with van der Waals surface area (Å²) in [4.78, 5) is 28.2. The van der Waals surface area contributed by atoms with Crippen LogP contribution in [0.25, 0.3) is 10.6 Å². The van der Waals surface area contributed by atoms with Crippen molar-refractivity contribution in [2.45, 2.75) is 39.5 Å². The maximum absolute atomic E-state index is 11.5. The fourth-order valence-corrected chi connectivity index (χ4v) is 4.69. The maximum atomic E-state index is 11.5. The standard InChI is InChI=1S/C23H27N5OS/c1-16-8-11-24-22(14-16)27-21-5-3-4-19(26-21)20-15-25-23(30-20)7-6-18-9-12-28(13-10-18)17(2)29/h3-5,8,11,14-15,18H,6-7,9-10,12-13H2,1-2H3,(H,24,26,27). The number of nitrogens with zero attached hydrogens (tertiary/aromatic N) is 4. The summed E-state index contributed by atoms with van der Waals surface area (Å²) < 4.78 is 0. The van der Waals surface area contributed by atoms with Crippen LogP contribution in [-0.4, -0.2) is 38.8 Å². The number of carbonyl (C=O) groups excluding carboxylic acids is 1. The third-order valence-electron chi connectivity index (χ3n) is 5.55. The van der Waals surface area contributed by atoms with Gasteiger partial charge in [-0.05, 0) is 68.4 Å². The Balaban J connectivity index is 1.35. The molecule has 3 aromatic rings. The first-order valence-corrected chi connectivity index (χ1v) is 11.3. The van der Waals surface area contributed by atoms with Crippen molar-refractivity contribution < 1.29 is 4.79 Å². The van der Waals surface area contributed by atoms with E-state index >= 15 is 0 Å². The lowest BCUT2D eigenvalue weighted by atomic mass is 9.92. The molecule has 3 aromatic heterocycles. The quantitative estimate of drug-likeness (QED) is 0.616. The molecule has 0 radical (unpaired) electrons. The molecule has 0 atom stereocenters. The van der Waals surface area contributed by atoms with Crippen LogP contribution in [0.15, 0.2) is 42.7 Å². The predicted molar refractivity (Wildman–Crippen MR) is 121 cm³/mol. The summed E-state index contributed by atoms with van der Waals surface area (Å²) >= 11 is 1.72. The number of rotatable bonds is 6. The van der Waals surface area contributed by atoms with Crippen molar-refractivity contribution in [1.29, 1.82) is 0 Å². The van der Waals surface area contributed by atoms with Crippen LogP contribution in [0.5, 0.6) is 0 Å². The number of hydrogen-bond acceptors (Lipinski definition) is 6. The molecular formula is C23H27N5OS. The third kappa shape index (κ3) is 5.21. The first-order chi connectivity index (χ1) is 14.6. The van der Waals surface area contributed by atoms with Gasteiger partial charge in [0.25, 0.3) is 0 Å². The number of aryl methyl sites for hydroxylation is 2. The van der Waals surface area contributed by atoms with Gasteiger partial charge in [-0.3, -0.25) is 4.79 Å². The Labute approximate surface area is 181 Å². The molecule has 1 aliphatic heterocycles. The van der Waals surface area contributed by atoms with E-state index < -0.39 is 0 Å². The van der Waals surface area contributed by atoms with E-state index in [0.717, 1.165) is 71.6 Å². The second kappa shape index (κ2) is 9.34. The highest BCUT2D eigenvalue weighted by molar-refractivity contribution is 7.15. The monoisotopic (exact) mass is 421 g/mol. The number of anilines is 2. The van der Waals surface area contributed by atoms with Crippen LogP contribution in [0.4, 0.5) is 11.6 Å². The van der Waals surface area contributed by atoms with Crippen LogP contribution in [0.1, 0.15) is 36.8 Å². The fourth-order valence-electron chi connectivity index (χ4n) is 3.79. The Morgan fingerprint density at radius 2 is 2.03 bits per heavy atom. The summed E-state index contributed by atoms with van der Waals surface area (Å²) in [6, 6.07) is 9.94. The molecule has 0 unspecified atom stereocenters. The van der Waals surface area contributed by atoms with Gasteiger partial charge >= 0.3 is 0 Å². The van der Waals surface area contributed by atoms with E-state index in [1.807, 2.05) is 48.4 Å². The Kier molecular flexibility index (Phi) is 6.38. The van der Waals surface area contributed by atoms with Crippen molar-refractivity contribution in [1.82, 2.24) is 19.9 Å². The Morgan fingerprint density at radius 3 is 2.80 bits per heavy atom. The third-order valence-corrected chi connectivity index (χ3v) is 6.63. The predicted octanol–water partition coefficient (Wildman–Crippen LogP) is 4.84. The van der Waals surface area contributed by atoms with Gasteiger partial charge in [0.15, 0.2) is 0 Å². The summed E-state index contributed by atoms with van der Waals surface area (Å²) in [5.41, 5.74) is 2.08. The summed E-state index contributed by atoms with van der Waals surface area (Å²) in [5, 5.41) is 4.43. The van der Waals surface area contributed by atoms with E-state index in [4.69, 9.17) is 4.98 Å². The number of nitrogens with one attached hydrogen (secondary N) is 1. The Bertz CT molecular complexity index is 1010. The van der Waals surface area contributed by atoms with Crippen molar-refractivity contribution in [3.8, 4) is 10.6 Å². The Morgan fingerprint density at radius 1 is 1.20 bits per heavy atom. The molecular weight excluding hydrogens is 394 g/mol. The number of pyridine rings is 2. The lowest BCUT2D eigenvalue weighted by Crippen LogP contribution is -2.37. The zero-order valence-corrected chi connectivity index (χ0v) is 18.3. The van der Waals surface area contributed by atoms with Crippen LogP contribution >= 0.6 is 11.3 Å². The highest BCUT2D eigenvalue weighted by Crippen LogP contribution is 2.29. The van der Waals surface area contributed by atoms with Crippen LogP contribution in [-0.2, 0) is 11.2 Å².